The molecule has 0 spiro atoms. The van der Waals surface area contributed by atoms with Gasteiger partial charge in [-0.2, -0.15) is 0 Å². The fourth-order valence-electron chi connectivity index (χ4n) is 6.31. The van der Waals surface area contributed by atoms with Crippen molar-refractivity contribution in [1.82, 2.24) is 9.97 Å². The quantitative estimate of drug-likeness (QED) is 0.124. The van der Waals surface area contributed by atoms with Crippen molar-refractivity contribution in [2.75, 3.05) is 11.1 Å². The van der Waals surface area contributed by atoms with Gasteiger partial charge < -0.3 is 35.1 Å². The number of aryl methyl sites for hydroxylation is 2. The summed E-state index contributed by atoms with van der Waals surface area (Å²) in [6, 6.07) is 39.0. The zero-order valence-electron chi connectivity index (χ0n) is 30.0. The molecule has 0 saturated carbocycles. The van der Waals surface area contributed by atoms with Crippen molar-refractivity contribution in [2.24, 2.45) is 0 Å². The first-order valence-corrected chi connectivity index (χ1v) is 18.1. The molecule has 55 heavy (non-hydrogen) atoms. The van der Waals surface area contributed by atoms with E-state index in [4.69, 9.17) is 29.8 Å². The number of fused-ring (bicyclic) bond motifs is 2. The van der Waals surface area contributed by atoms with Gasteiger partial charge in [-0.15, -0.1) is 0 Å². The van der Waals surface area contributed by atoms with E-state index in [1.165, 1.54) is 17.3 Å². The van der Waals surface area contributed by atoms with Gasteiger partial charge in [0.2, 0.25) is 17.7 Å². The minimum Gasteiger partial charge on any atom is -0.485 e. The maximum atomic E-state index is 11.7. The minimum atomic E-state index is -1.01. The number of rotatable bonds is 10. The summed E-state index contributed by atoms with van der Waals surface area (Å²) in [7, 11) is 0. The summed E-state index contributed by atoms with van der Waals surface area (Å²) in [4.78, 5) is 30.6. The molecule has 0 radical (unpaired) electrons. The molecule has 11 nitrogen and oxygen atoms in total. The molecule has 1 amide bonds. The molecule has 2 unspecified atom stereocenters. The Labute approximate surface area is 318 Å². The molecule has 278 valence electrons. The van der Waals surface area contributed by atoms with Crippen molar-refractivity contribution in [3.8, 4) is 34.8 Å². The van der Waals surface area contributed by atoms with Crippen molar-refractivity contribution in [2.45, 2.75) is 50.7 Å². The first-order chi connectivity index (χ1) is 26.8. The number of amides is 1. The summed E-state index contributed by atoms with van der Waals surface area (Å²) in [5.74, 6) is 2.74. The van der Waals surface area contributed by atoms with Crippen molar-refractivity contribution < 1.29 is 33.6 Å². The number of carboxylic acid groups (broad SMARTS) is 1. The molecule has 4 heterocycles. The predicted molar refractivity (Wildman–Crippen MR) is 208 cm³/mol. The van der Waals surface area contributed by atoms with E-state index >= 15 is 0 Å². The van der Waals surface area contributed by atoms with Crippen molar-refractivity contribution in [1.29, 1.82) is 0 Å². The molecule has 6 aromatic rings. The van der Waals surface area contributed by atoms with E-state index in [9.17, 15) is 9.59 Å². The first kappa shape index (κ1) is 36.5. The van der Waals surface area contributed by atoms with E-state index in [0.29, 0.717) is 28.9 Å². The number of aromatic nitrogens is 2. The third kappa shape index (κ3) is 9.96. The molecule has 0 fully saturated rings. The summed E-state index contributed by atoms with van der Waals surface area (Å²) in [6.07, 6.45) is 6.63. The van der Waals surface area contributed by atoms with E-state index in [0.717, 1.165) is 54.1 Å². The highest BCUT2D eigenvalue weighted by molar-refractivity contribution is 5.92. The van der Waals surface area contributed by atoms with Crippen molar-refractivity contribution in [3.63, 3.8) is 0 Å². The number of nitrogens with one attached hydrogen (secondary N) is 1. The Balaban J connectivity index is 0.000000174. The molecule has 8 rings (SSSR count). The lowest BCUT2D eigenvalue weighted by molar-refractivity contribution is -0.138. The topological polar surface area (TPSA) is 155 Å². The summed E-state index contributed by atoms with van der Waals surface area (Å²) in [5, 5.41) is 11.2. The molecule has 2 aliphatic heterocycles. The van der Waals surface area contributed by atoms with Gasteiger partial charge in [-0.3, -0.25) is 9.59 Å². The van der Waals surface area contributed by atoms with Crippen LogP contribution in [-0.4, -0.2) is 27.0 Å². The largest absolute Gasteiger partial charge is 0.485 e. The van der Waals surface area contributed by atoms with Crippen LogP contribution in [0, 0.1) is 0 Å². The van der Waals surface area contributed by atoms with Gasteiger partial charge in [-0.25, -0.2) is 9.97 Å². The number of carbonyl (C=O) groups is 2. The van der Waals surface area contributed by atoms with Crippen LogP contribution < -0.4 is 30.0 Å². The Bertz CT molecular complexity index is 2220. The monoisotopic (exact) mass is 736 g/mol. The predicted octanol–water partition coefficient (Wildman–Crippen LogP) is 9.27. The number of carboxylic acids is 1. The Hall–Kier alpha value is -6.88. The maximum Gasteiger partial charge on any atom is 0.303 e. The average molecular weight is 737 g/mol. The van der Waals surface area contributed by atoms with Crippen LogP contribution in [0.2, 0.25) is 0 Å². The number of carbonyl (C=O) groups excluding carboxylic acids is 1. The van der Waals surface area contributed by atoms with E-state index in [2.05, 4.69) is 39.6 Å². The Morgan fingerprint density at radius 3 is 1.67 bits per heavy atom. The lowest BCUT2D eigenvalue weighted by Crippen LogP contribution is -2.15. The molecule has 2 aromatic heterocycles. The molecule has 4 aromatic carbocycles. The van der Waals surface area contributed by atoms with Crippen LogP contribution in [0.1, 0.15) is 60.1 Å². The molecule has 0 saturated heterocycles. The van der Waals surface area contributed by atoms with Crippen molar-refractivity contribution >= 4 is 23.3 Å². The highest BCUT2D eigenvalue weighted by Crippen LogP contribution is 2.39. The number of hydrogen-bond donors (Lipinski definition) is 3. The Morgan fingerprint density at radius 1 is 0.673 bits per heavy atom. The fourth-order valence-corrected chi connectivity index (χ4v) is 6.31. The summed E-state index contributed by atoms with van der Waals surface area (Å²) in [6.45, 7) is 0. The van der Waals surface area contributed by atoms with Gasteiger partial charge in [0, 0.05) is 18.6 Å². The lowest BCUT2D eigenvalue weighted by atomic mass is 9.97. The van der Waals surface area contributed by atoms with Crippen molar-refractivity contribution in [3.05, 3.63) is 156 Å². The normalized spacial score (nSPS) is 15.3. The number of nitrogens with zero attached hydrogens (tertiary/aromatic N) is 2. The smallest absolute Gasteiger partial charge is 0.303 e. The summed E-state index contributed by atoms with van der Waals surface area (Å²) < 4.78 is 23.9. The number of ether oxygens (including phenoxy) is 4. The molecular formula is C44H40N4O7. The van der Waals surface area contributed by atoms with Gasteiger partial charge in [0.05, 0.1) is 30.2 Å². The van der Waals surface area contributed by atoms with Gasteiger partial charge in [-0.05, 0) is 96.5 Å². The summed E-state index contributed by atoms with van der Waals surface area (Å²) in [5.41, 5.74) is 11.4. The number of hydrogen-bond acceptors (Lipinski definition) is 9. The van der Waals surface area contributed by atoms with Gasteiger partial charge >= 0.3 is 5.97 Å². The van der Waals surface area contributed by atoms with Crippen LogP contribution in [0.3, 0.4) is 0 Å². The maximum absolute atomic E-state index is 11.7. The average Bonchev–Trinajstić information content (AvgIpc) is 3.22. The van der Waals surface area contributed by atoms with Crippen LogP contribution in [-0.2, 0) is 22.4 Å². The first-order valence-electron chi connectivity index (χ1n) is 18.1. The van der Waals surface area contributed by atoms with Crippen LogP contribution in [0.25, 0.3) is 0 Å². The SMILES string of the molecule is Nc1ccc(Oc2ccc3c(c2)CCC(c2ccccc2)O3)nc1.O=C(O)CCC(=O)Nc1ccc(Oc2ccc3c(c2)CCC(c2ccccc2)O3)nc1. The number of pyridine rings is 2. The minimum absolute atomic E-state index is 0.0559. The molecule has 0 aliphatic carbocycles. The highest BCUT2D eigenvalue weighted by Gasteiger charge is 2.23. The van der Waals surface area contributed by atoms with Gasteiger partial charge in [0.25, 0.3) is 0 Å². The second-order valence-corrected chi connectivity index (χ2v) is 13.1. The Morgan fingerprint density at radius 2 is 1.20 bits per heavy atom. The zero-order chi connectivity index (χ0) is 38.0. The fraction of sp³-hybridized carbons (Fsp3) is 0.182. The Kier molecular flexibility index (Phi) is 11.5. The van der Waals surface area contributed by atoms with Gasteiger partial charge in [0.15, 0.2) is 0 Å². The molecule has 0 bridgehead atoms. The van der Waals surface area contributed by atoms with Crippen LogP contribution in [0.15, 0.2) is 134 Å². The summed E-state index contributed by atoms with van der Waals surface area (Å²) >= 11 is 0. The standard InChI is InChI=1S/C24H22N2O5.C20H18N2O2/c27-22(11-13-24(28)29)26-18-7-12-23(25-15-18)30-19-8-10-21-17(14-19)6-9-20(31-21)16-4-2-1-3-5-16;21-16-7-11-20(22-13-16)23-17-8-10-19-15(12-17)6-9-18(24-19)14-4-2-1-3-5-14/h1-5,7-8,10,12,14-15,20H,6,9,11,13H2,(H,26,27)(H,28,29);1-5,7-8,10-13,18H,6,9,21H2. The third-order valence-electron chi connectivity index (χ3n) is 9.09. The van der Waals surface area contributed by atoms with Crippen LogP contribution in [0.5, 0.6) is 34.8 Å². The molecule has 2 aliphatic rings. The molecule has 2 atom stereocenters. The van der Waals surface area contributed by atoms with Crippen LogP contribution in [0.4, 0.5) is 11.4 Å². The number of anilines is 2. The number of benzene rings is 4. The molecular weight excluding hydrogens is 697 g/mol. The van der Waals surface area contributed by atoms with E-state index < -0.39 is 5.97 Å². The van der Waals surface area contributed by atoms with Gasteiger partial charge in [-0.1, -0.05) is 60.7 Å². The molecule has 4 N–H and O–H groups in total. The van der Waals surface area contributed by atoms with E-state index in [1.807, 2.05) is 72.8 Å². The van der Waals surface area contributed by atoms with E-state index in [-0.39, 0.29) is 31.0 Å². The number of nitrogen functional groups attached to an aromatic ring is 1. The zero-order valence-corrected chi connectivity index (χ0v) is 30.0. The molecule has 11 heteroatoms. The second-order valence-electron chi connectivity index (χ2n) is 13.1. The highest BCUT2D eigenvalue weighted by atomic mass is 16.5. The number of nitrogens with two attached hydrogens (primary N) is 1. The van der Waals surface area contributed by atoms with Crippen LogP contribution >= 0.6 is 0 Å². The lowest BCUT2D eigenvalue weighted by Gasteiger charge is -2.26. The van der Waals surface area contributed by atoms with E-state index in [1.54, 1.807) is 30.5 Å². The van der Waals surface area contributed by atoms with Gasteiger partial charge in [0.1, 0.15) is 35.2 Å². The number of aliphatic carboxylic acids is 1. The second kappa shape index (κ2) is 17.3. The third-order valence-corrected chi connectivity index (χ3v) is 9.09.